The summed E-state index contributed by atoms with van der Waals surface area (Å²) in [5.41, 5.74) is 1.77. The highest BCUT2D eigenvalue weighted by molar-refractivity contribution is 8.00. The van der Waals surface area contributed by atoms with Crippen molar-refractivity contribution in [3.05, 3.63) is 76.8 Å². The lowest BCUT2D eigenvalue weighted by molar-refractivity contribution is -0.120. The number of benzene rings is 2. The molecule has 0 aliphatic rings. The van der Waals surface area contributed by atoms with Crippen LogP contribution in [0.3, 0.4) is 0 Å². The number of allylic oxidation sites excluding steroid dienone is 1. The second kappa shape index (κ2) is 10.2. The van der Waals surface area contributed by atoms with Gasteiger partial charge in [0.05, 0.1) is 11.3 Å². The van der Waals surface area contributed by atoms with E-state index in [1.807, 2.05) is 54.8 Å². The first kappa shape index (κ1) is 22.4. The van der Waals surface area contributed by atoms with Crippen LogP contribution in [0, 0.1) is 0 Å². The lowest BCUT2D eigenvalue weighted by atomic mass is 10.1. The van der Waals surface area contributed by atoms with E-state index in [1.165, 1.54) is 11.8 Å². The first-order valence-corrected chi connectivity index (χ1v) is 11.1. The number of hydrogen-bond acceptors (Lipinski definition) is 4. The van der Waals surface area contributed by atoms with E-state index in [2.05, 4.69) is 22.1 Å². The molecule has 1 aromatic heterocycles. The Morgan fingerprint density at radius 1 is 1.20 bits per heavy atom. The molecule has 0 fully saturated rings. The summed E-state index contributed by atoms with van der Waals surface area (Å²) >= 11 is 13.6. The van der Waals surface area contributed by atoms with Crippen LogP contribution in [0.2, 0.25) is 10.0 Å². The van der Waals surface area contributed by atoms with Crippen LogP contribution in [0.25, 0.3) is 11.4 Å². The van der Waals surface area contributed by atoms with Gasteiger partial charge in [-0.3, -0.25) is 9.36 Å². The van der Waals surface area contributed by atoms with Crippen molar-refractivity contribution in [3.8, 4) is 11.4 Å². The minimum Gasteiger partial charge on any atom is -0.349 e. The minimum atomic E-state index is -0.380. The smallest absolute Gasteiger partial charge is 0.233 e. The fourth-order valence-corrected chi connectivity index (χ4v) is 4.38. The number of nitrogens with one attached hydrogen (secondary N) is 1. The topological polar surface area (TPSA) is 59.8 Å². The van der Waals surface area contributed by atoms with Crippen molar-refractivity contribution in [1.29, 1.82) is 0 Å². The van der Waals surface area contributed by atoms with E-state index < -0.39 is 0 Å². The molecule has 1 N–H and O–H groups in total. The third kappa shape index (κ3) is 5.25. The lowest BCUT2D eigenvalue weighted by Gasteiger charge is -2.19. The highest BCUT2D eigenvalue weighted by Gasteiger charge is 2.22. The summed E-state index contributed by atoms with van der Waals surface area (Å²) in [5.74, 6) is 0.625. The molecule has 0 radical (unpaired) electrons. The Kier molecular flexibility index (Phi) is 7.58. The first-order chi connectivity index (χ1) is 14.4. The summed E-state index contributed by atoms with van der Waals surface area (Å²) in [6.45, 7) is 8.10. The predicted octanol–water partition coefficient (Wildman–Crippen LogP) is 5.80. The maximum Gasteiger partial charge on any atom is 0.233 e. The zero-order valence-electron chi connectivity index (χ0n) is 16.7. The van der Waals surface area contributed by atoms with E-state index >= 15 is 0 Å². The Bertz CT molecular complexity index is 1040. The van der Waals surface area contributed by atoms with Gasteiger partial charge in [0.2, 0.25) is 5.91 Å². The summed E-state index contributed by atoms with van der Waals surface area (Å²) in [6, 6.07) is 14.8. The molecule has 2 atom stereocenters. The number of nitrogens with zero attached hydrogens (tertiary/aromatic N) is 3. The van der Waals surface area contributed by atoms with Crippen molar-refractivity contribution in [3.63, 3.8) is 0 Å². The van der Waals surface area contributed by atoms with Crippen molar-refractivity contribution >= 4 is 40.9 Å². The monoisotopic (exact) mass is 460 g/mol. The number of carbonyl (C=O) groups is 1. The van der Waals surface area contributed by atoms with Crippen molar-refractivity contribution in [2.24, 2.45) is 0 Å². The maximum atomic E-state index is 12.8. The van der Waals surface area contributed by atoms with Crippen molar-refractivity contribution in [1.82, 2.24) is 20.1 Å². The molecular formula is C22H22Cl2N4OS. The molecule has 0 saturated carbocycles. The zero-order valence-corrected chi connectivity index (χ0v) is 19.0. The van der Waals surface area contributed by atoms with Crippen molar-refractivity contribution in [2.45, 2.75) is 36.8 Å². The SMILES string of the molecule is C=CCn1c(S[C@@H](C)C(=O)N[C@H](C)c2ccc(Cl)cc2Cl)nnc1-c1ccccc1. The normalized spacial score (nSPS) is 12.9. The maximum absolute atomic E-state index is 12.8. The molecule has 0 saturated heterocycles. The Hall–Kier alpha value is -2.28. The molecule has 2 aromatic carbocycles. The minimum absolute atomic E-state index is 0.118. The van der Waals surface area contributed by atoms with Crippen molar-refractivity contribution < 1.29 is 4.79 Å². The number of halogens is 2. The number of rotatable bonds is 8. The molecule has 1 heterocycles. The van der Waals surface area contributed by atoms with E-state index in [0.29, 0.717) is 21.7 Å². The van der Waals surface area contributed by atoms with Gasteiger partial charge in [0.25, 0.3) is 0 Å². The highest BCUT2D eigenvalue weighted by Crippen LogP contribution is 2.29. The molecule has 3 aromatic rings. The Labute approximate surface area is 190 Å². The van der Waals surface area contributed by atoms with Gasteiger partial charge in [-0.15, -0.1) is 16.8 Å². The third-order valence-electron chi connectivity index (χ3n) is 4.50. The summed E-state index contributed by atoms with van der Waals surface area (Å²) in [4.78, 5) is 12.8. The number of amides is 1. The predicted molar refractivity (Wildman–Crippen MR) is 124 cm³/mol. The Balaban J connectivity index is 1.73. The van der Waals surface area contributed by atoms with Crippen molar-refractivity contribution in [2.75, 3.05) is 0 Å². The summed E-state index contributed by atoms with van der Waals surface area (Å²) < 4.78 is 1.95. The Morgan fingerprint density at radius 2 is 1.93 bits per heavy atom. The highest BCUT2D eigenvalue weighted by atomic mass is 35.5. The molecule has 0 bridgehead atoms. The van der Waals surface area contributed by atoms with Crippen LogP contribution in [0.4, 0.5) is 0 Å². The summed E-state index contributed by atoms with van der Waals surface area (Å²) in [6.07, 6.45) is 1.79. The van der Waals surface area contributed by atoms with E-state index in [4.69, 9.17) is 23.2 Å². The van der Waals surface area contributed by atoms with Gasteiger partial charge in [0.15, 0.2) is 11.0 Å². The van der Waals surface area contributed by atoms with Crippen LogP contribution in [-0.2, 0) is 11.3 Å². The second-order valence-electron chi connectivity index (χ2n) is 6.73. The van der Waals surface area contributed by atoms with Crippen LogP contribution in [0.15, 0.2) is 66.3 Å². The standard InChI is InChI=1S/C22H22Cl2N4OS/c1-4-12-28-20(16-8-6-5-7-9-16)26-27-22(28)30-15(3)21(29)25-14(2)18-11-10-17(23)13-19(18)24/h4-11,13-15H,1,12H2,2-3H3,(H,25,29)/t14-,15+/m1/s1. The third-order valence-corrected chi connectivity index (χ3v) is 6.14. The van der Waals surface area contributed by atoms with Crippen LogP contribution < -0.4 is 5.32 Å². The average molecular weight is 461 g/mol. The zero-order chi connectivity index (χ0) is 21.7. The molecule has 0 unspecified atom stereocenters. The van der Waals surface area contributed by atoms with Gasteiger partial charge in [-0.05, 0) is 31.5 Å². The molecule has 0 spiro atoms. The number of hydrogen-bond donors (Lipinski definition) is 1. The van der Waals surface area contributed by atoms with E-state index in [0.717, 1.165) is 17.0 Å². The number of carbonyl (C=O) groups excluding carboxylic acids is 1. The molecule has 156 valence electrons. The molecule has 30 heavy (non-hydrogen) atoms. The number of thioether (sulfide) groups is 1. The fourth-order valence-electron chi connectivity index (χ4n) is 2.94. The molecule has 3 rings (SSSR count). The van der Waals surface area contributed by atoms with Crippen LogP contribution in [0.1, 0.15) is 25.5 Å². The quantitative estimate of drug-likeness (QED) is 0.341. The molecular weight excluding hydrogens is 439 g/mol. The fraction of sp³-hybridized carbons (Fsp3) is 0.227. The van der Waals surface area contributed by atoms with E-state index in [-0.39, 0.29) is 17.2 Å². The number of aromatic nitrogens is 3. The molecule has 1 amide bonds. The molecule has 5 nitrogen and oxygen atoms in total. The second-order valence-corrected chi connectivity index (χ2v) is 8.88. The van der Waals surface area contributed by atoms with E-state index in [9.17, 15) is 4.79 Å². The Morgan fingerprint density at radius 3 is 2.60 bits per heavy atom. The van der Waals surface area contributed by atoms with Gasteiger partial charge >= 0.3 is 0 Å². The summed E-state index contributed by atoms with van der Waals surface area (Å²) in [7, 11) is 0. The van der Waals surface area contributed by atoms with E-state index in [1.54, 1.807) is 18.2 Å². The van der Waals surface area contributed by atoms with Gasteiger partial charge in [-0.1, -0.05) is 77.4 Å². The molecule has 8 heteroatoms. The largest absolute Gasteiger partial charge is 0.349 e. The van der Waals surface area contributed by atoms with Gasteiger partial charge in [-0.2, -0.15) is 0 Å². The molecule has 0 aliphatic heterocycles. The van der Waals surface area contributed by atoms with Crippen LogP contribution in [0.5, 0.6) is 0 Å². The van der Waals surface area contributed by atoms with Gasteiger partial charge in [-0.25, -0.2) is 0 Å². The van der Waals surface area contributed by atoms with Gasteiger partial charge < -0.3 is 5.32 Å². The average Bonchev–Trinajstić information content (AvgIpc) is 3.11. The lowest BCUT2D eigenvalue weighted by Crippen LogP contribution is -2.33. The first-order valence-electron chi connectivity index (χ1n) is 9.42. The summed E-state index contributed by atoms with van der Waals surface area (Å²) in [5, 5.41) is 13.0. The van der Waals surface area contributed by atoms with Crippen LogP contribution in [-0.4, -0.2) is 25.9 Å². The molecule has 0 aliphatic carbocycles. The van der Waals surface area contributed by atoms with Crippen LogP contribution >= 0.6 is 35.0 Å². The van der Waals surface area contributed by atoms with Gasteiger partial charge in [0.1, 0.15) is 0 Å². The van der Waals surface area contributed by atoms with Gasteiger partial charge in [0, 0.05) is 22.2 Å².